The maximum absolute atomic E-state index is 13.3. The molecule has 136 valence electrons. The van der Waals surface area contributed by atoms with Crippen molar-refractivity contribution in [3.05, 3.63) is 60.3 Å². The number of carbonyl (C=O) groups excluding carboxylic acids is 1. The van der Waals surface area contributed by atoms with Gasteiger partial charge in [-0.1, -0.05) is 6.07 Å². The molecule has 0 fully saturated rings. The van der Waals surface area contributed by atoms with Crippen molar-refractivity contribution in [1.82, 2.24) is 19.4 Å². The third-order valence-corrected chi connectivity index (χ3v) is 4.33. The van der Waals surface area contributed by atoms with E-state index in [1.165, 1.54) is 6.33 Å². The molecule has 0 aliphatic heterocycles. The van der Waals surface area contributed by atoms with E-state index >= 15 is 0 Å². The van der Waals surface area contributed by atoms with Gasteiger partial charge in [-0.3, -0.25) is 9.78 Å². The lowest BCUT2D eigenvalue weighted by Crippen LogP contribution is -2.15. The van der Waals surface area contributed by atoms with Crippen LogP contribution in [-0.4, -0.2) is 31.3 Å². The molecule has 0 unspecified atom stereocenters. The Kier molecular flexibility index (Phi) is 4.19. The van der Waals surface area contributed by atoms with Gasteiger partial charge in [0, 0.05) is 18.4 Å². The number of rotatable bonds is 4. The van der Waals surface area contributed by atoms with E-state index in [1.54, 1.807) is 12.3 Å². The van der Waals surface area contributed by atoms with E-state index in [4.69, 9.17) is 0 Å². The normalized spacial score (nSPS) is 11.3. The molecule has 0 saturated carbocycles. The van der Waals surface area contributed by atoms with Crippen LogP contribution in [0.25, 0.3) is 16.6 Å². The maximum atomic E-state index is 13.3. The minimum absolute atomic E-state index is 0.169. The Morgan fingerprint density at radius 3 is 2.74 bits per heavy atom. The highest BCUT2D eigenvalue weighted by Crippen LogP contribution is 2.31. The highest BCUT2D eigenvalue weighted by atomic mass is 16.1. The van der Waals surface area contributed by atoms with Crippen LogP contribution in [0, 0.1) is 6.92 Å². The van der Waals surface area contributed by atoms with E-state index in [1.807, 2.05) is 55.6 Å². The van der Waals surface area contributed by atoms with E-state index < -0.39 is 0 Å². The predicted molar refractivity (Wildman–Crippen MR) is 106 cm³/mol. The molecule has 0 aliphatic rings. The van der Waals surface area contributed by atoms with Gasteiger partial charge in [0.2, 0.25) is 0 Å². The van der Waals surface area contributed by atoms with Gasteiger partial charge in [-0.15, -0.1) is 0 Å². The number of amides is 1. The van der Waals surface area contributed by atoms with Gasteiger partial charge in [0.05, 0.1) is 27.8 Å². The maximum Gasteiger partial charge on any atom is 0.258 e. The first-order valence-electron chi connectivity index (χ1n) is 8.79. The van der Waals surface area contributed by atoms with Gasteiger partial charge in [-0.2, -0.15) is 0 Å². The number of nitrogens with zero attached hydrogens (tertiary/aromatic N) is 4. The summed E-state index contributed by atoms with van der Waals surface area (Å²) in [6, 6.07) is 9.53. The summed E-state index contributed by atoms with van der Waals surface area (Å²) < 4.78 is 1.91. The molecular formula is C20H20N6O. The van der Waals surface area contributed by atoms with Crippen molar-refractivity contribution in [2.45, 2.75) is 26.8 Å². The van der Waals surface area contributed by atoms with Crippen LogP contribution in [0.1, 0.15) is 29.9 Å². The van der Waals surface area contributed by atoms with Crippen LogP contribution < -0.4 is 10.6 Å². The molecule has 0 radical (unpaired) electrons. The summed E-state index contributed by atoms with van der Waals surface area (Å²) in [6.45, 7) is 5.92. The van der Waals surface area contributed by atoms with Gasteiger partial charge in [0.25, 0.3) is 5.91 Å². The molecule has 0 aliphatic carbocycles. The zero-order valence-electron chi connectivity index (χ0n) is 15.4. The minimum Gasteiger partial charge on any atom is -0.367 e. The lowest BCUT2D eigenvalue weighted by Gasteiger charge is -2.11. The number of aromatic nitrogens is 4. The molecule has 1 amide bonds. The summed E-state index contributed by atoms with van der Waals surface area (Å²) in [5, 5.41) is 7.01. The molecule has 7 nitrogen and oxygen atoms in total. The van der Waals surface area contributed by atoms with Gasteiger partial charge in [0.15, 0.2) is 5.65 Å². The average Bonchev–Trinajstić information content (AvgIpc) is 2.99. The number of fused-ring (bicyclic) bond motifs is 3. The van der Waals surface area contributed by atoms with Gasteiger partial charge >= 0.3 is 0 Å². The molecular weight excluding hydrogens is 340 g/mol. The number of anilines is 2. The smallest absolute Gasteiger partial charge is 0.258 e. The molecule has 0 bridgehead atoms. The molecule has 4 rings (SSSR count). The van der Waals surface area contributed by atoms with Crippen molar-refractivity contribution >= 4 is 34.0 Å². The Morgan fingerprint density at radius 2 is 1.96 bits per heavy atom. The fraction of sp³-hybridized carbons (Fsp3) is 0.200. The van der Waals surface area contributed by atoms with Crippen LogP contribution >= 0.6 is 0 Å². The van der Waals surface area contributed by atoms with Gasteiger partial charge in [-0.05, 0) is 45.0 Å². The van der Waals surface area contributed by atoms with Crippen molar-refractivity contribution in [2.75, 3.05) is 10.6 Å². The van der Waals surface area contributed by atoms with E-state index in [2.05, 4.69) is 25.6 Å². The number of carbonyl (C=O) groups is 1. The molecule has 4 heterocycles. The number of hydrogen-bond donors (Lipinski definition) is 2. The van der Waals surface area contributed by atoms with Gasteiger partial charge in [-0.25, -0.2) is 9.97 Å². The second-order valence-corrected chi connectivity index (χ2v) is 6.64. The van der Waals surface area contributed by atoms with Crippen molar-refractivity contribution in [2.24, 2.45) is 0 Å². The number of nitrogens with one attached hydrogen (secondary N) is 2. The Bertz CT molecular complexity index is 1150. The summed E-state index contributed by atoms with van der Waals surface area (Å²) in [5.74, 6) is 0.429. The number of hydrogen-bond acceptors (Lipinski definition) is 5. The molecule has 2 N–H and O–H groups in total. The first-order valence-corrected chi connectivity index (χ1v) is 8.79. The second-order valence-electron chi connectivity index (χ2n) is 6.64. The van der Waals surface area contributed by atoms with Crippen molar-refractivity contribution in [3.8, 4) is 0 Å². The Hall–Kier alpha value is -3.48. The second kappa shape index (κ2) is 6.68. The quantitative estimate of drug-likeness (QED) is 0.580. The first kappa shape index (κ1) is 17.0. The largest absolute Gasteiger partial charge is 0.367 e. The Labute approximate surface area is 156 Å². The van der Waals surface area contributed by atoms with E-state index in [-0.39, 0.29) is 11.9 Å². The zero-order valence-corrected chi connectivity index (χ0v) is 15.4. The summed E-state index contributed by atoms with van der Waals surface area (Å²) in [5.41, 5.74) is 3.45. The van der Waals surface area contributed by atoms with Crippen molar-refractivity contribution in [3.63, 3.8) is 0 Å². The zero-order chi connectivity index (χ0) is 19.0. The fourth-order valence-electron chi connectivity index (χ4n) is 3.16. The molecule has 4 aromatic heterocycles. The van der Waals surface area contributed by atoms with Crippen LogP contribution in [0.3, 0.4) is 0 Å². The van der Waals surface area contributed by atoms with Crippen molar-refractivity contribution in [1.29, 1.82) is 0 Å². The van der Waals surface area contributed by atoms with Crippen molar-refractivity contribution < 1.29 is 4.79 Å². The topological polar surface area (TPSA) is 84.2 Å². The third kappa shape index (κ3) is 2.97. The average molecular weight is 360 g/mol. The molecule has 7 heteroatoms. The lowest BCUT2D eigenvalue weighted by molar-refractivity contribution is 0.102. The molecule has 0 spiro atoms. The predicted octanol–water partition coefficient (Wildman–Crippen LogP) is 3.66. The molecule has 27 heavy (non-hydrogen) atoms. The van der Waals surface area contributed by atoms with Crippen LogP contribution in [0.15, 0.2) is 49.1 Å². The number of pyridine rings is 2. The molecule has 0 aromatic carbocycles. The van der Waals surface area contributed by atoms with E-state index in [9.17, 15) is 4.79 Å². The third-order valence-electron chi connectivity index (χ3n) is 4.33. The monoisotopic (exact) mass is 360 g/mol. The lowest BCUT2D eigenvalue weighted by atomic mass is 10.1. The van der Waals surface area contributed by atoms with Crippen LogP contribution in [-0.2, 0) is 0 Å². The standard InChI is InChI=1S/C20H20N6O/c1-12(2)24-18-17-16(20(27)25-14-7-6-9-21-13(14)3)15-8-4-5-10-26(15)19(17)23-11-22-18/h4-12H,1-3H3,(H,25,27)(H,22,23,24). The summed E-state index contributed by atoms with van der Waals surface area (Å²) in [6.07, 6.45) is 5.11. The van der Waals surface area contributed by atoms with Gasteiger partial charge in [0.1, 0.15) is 12.1 Å². The fourth-order valence-corrected chi connectivity index (χ4v) is 3.16. The highest BCUT2D eigenvalue weighted by molar-refractivity contribution is 6.20. The van der Waals surface area contributed by atoms with Crippen LogP contribution in [0.2, 0.25) is 0 Å². The minimum atomic E-state index is -0.216. The summed E-state index contributed by atoms with van der Waals surface area (Å²) in [7, 11) is 0. The van der Waals surface area contributed by atoms with E-state index in [0.29, 0.717) is 28.1 Å². The molecule has 0 saturated heterocycles. The highest BCUT2D eigenvalue weighted by Gasteiger charge is 2.23. The molecule has 4 aromatic rings. The summed E-state index contributed by atoms with van der Waals surface area (Å²) >= 11 is 0. The number of aryl methyl sites for hydroxylation is 1. The summed E-state index contributed by atoms with van der Waals surface area (Å²) in [4.78, 5) is 26.3. The SMILES string of the molecule is Cc1ncccc1NC(=O)c1c2c(NC(C)C)ncnc2n2ccccc12. The van der Waals surface area contributed by atoms with Crippen LogP contribution in [0.4, 0.5) is 11.5 Å². The first-order chi connectivity index (χ1) is 13.1. The van der Waals surface area contributed by atoms with Crippen LogP contribution in [0.5, 0.6) is 0 Å². The Balaban J connectivity index is 1.94. The van der Waals surface area contributed by atoms with E-state index in [0.717, 1.165) is 11.2 Å². The Morgan fingerprint density at radius 1 is 1.11 bits per heavy atom. The molecule has 0 atom stereocenters. The van der Waals surface area contributed by atoms with Gasteiger partial charge < -0.3 is 15.0 Å².